The number of nitriles is 1. The molecule has 0 aliphatic heterocycles. The molecule has 7 nitrogen and oxygen atoms in total. The van der Waals surface area contributed by atoms with Crippen molar-refractivity contribution >= 4 is 29.0 Å². The molecule has 2 heterocycles. The molecular formula is C24H18N6O. The quantitative estimate of drug-likeness (QED) is 0.513. The third-order valence-electron chi connectivity index (χ3n) is 4.61. The third kappa shape index (κ3) is 4.38. The summed E-state index contributed by atoms with van der Waals surface area (Å²) in [6, 6.07) is 21.5. The minimum absolute atomic E-state index is 0.264. The van der Waals surface area contributed by atoms with Gasteiger partial charge in [-0.05, 0) is 67.1 Å². The molecule has 4 aromatic rings. The first-order valence-electron chi connectivity index (χ1n) is 9.56. The van der Waals surface area contributed by atoms with Crippen molar-refractivity contribution in [2.75, 3.05) is 10.2 Å². The number of aromatic nitrogens is 3. The van der Waals surface area contributed by atoms with Gasteiger partial charge in [0.25, 0.3) is 5.91 Å². The molecule has 1 amide bonds. The summed E-state index contributed by atoms with van der Waals surface area (Å²) in [6.07, 6.45) is 5.05. The normalized spacial score (nSPS) is 10.2. The first-order valence-corrected chi connectivity index (χ1v) is 9.56. The highest BCUT2D eigenvalue weighted by Gasteiger charge is 2.18. The zero-order valence-electron chi connectivity index (χ0n) is 16.7. The Bertz CT molecular complexity index is 1200. The summed E-state index contributed by atoms with van der Waals surface area (Å²) in [5, 5.41) is 11.8. The average Bonchev–Trinajstić information content (AvgIpc) is 2.82. The zero-order valence-corrected chi connectivity index (χ0v) is 16.7. The van der Waals surface area contributed by atoms with Crippen molar-refractivity contribution < 1.29 is 4.79 Å². The van der Waals surface area contributed by atoms with E-state index in [1.165, 1.54) is 0 Å². The SMILES string of the molecule is Cc1ccc(NC(=O)c2ccc(C#N)cc2)cc1N(c1ccccn1)c1ncccn1. The van der Waals surface area contributed by atoms with Crippen LogP contribution in [0.5, 0.6) is 0 Å². The lowest BCUT2D eigenvalue weighted by atomic mass is 10.1. The van der Waals surface area contributed by atoms with E-state index in [2.05, 4.69) is 20.3 Å². The van der Waals surface area contributed by atoms with Crippen molar-refractivity contribution in [3.05, 3.63) is 102 Å². The average molecular weight is 406 g/mol. The van der Waals surface area contributed by atoms with Crippen molar-refractivity contribution in [1.82, 2.24) is 15.0 Å². The molecule has 0 aliphatic carbocycles. The van der Waals surface area contributed by atoms with E-state index in [-0.39, 0.29) is 5.91 Å². The first kappa shape index (κ1) is 19.7. The van der Waals surface area contributed by atoms with Crippen LogP contribution < -0.4 is 10.2 Å². The van der Waals surface area contributed by atoms with Crippen LogP contribution >= 0.6 is 0 Å². The Balaban J connectivity index is 1.70. The number of nitrogens with one attached hydrogen (secondary N) is 1. The summed E-state index contributed by atoms with van der Waals surface area (Å²) in [4.78, 5) is 27.8. The van der Waals surface area contributed by atoms with Crippen LogP contribution in [0, 0.1) is 18.3 Å². The summed E-state index contributed by atoms with van der Waals surface area (Å²) in [7, 11) is 0. The predicted octanol–water partition coefficient (Wildman–Crippen LogP) is 4.77. The van der Waals surface area contributed by atoms with Crippen molar-refractivity contribution in [3.8, 4) is 6.07 Å². The van der Waals surface area contributed by atoms with Gasteiger partial charge in [-0.2, -0.15) is 5.26 Å². The second-order valence-corrected chi connectivity index (χ2v) is 6.72. The summed E-state index contributed by atoms with van der Waals surface area (Å²) in [5.41, 5.74) is 3.35. The Morgan fingerprint density at radius 1 is 0.935 bits per heavy atom. The molecule has 0 radical (unpaired) electrons. The molecule has 0 saturated carbocycles. The number of nitrogens with zero attached hydrogens (tertiary/aromatic N) is 5. The number of amides is 1. The van der Waals surface area contributed by atoms with Gasteiger partial charge in [0.05, 0.1) is 17.3 Å². The lowest BCUT2D eigenvalue weighted by Crippen LogP contribution is -2.17. The van der Waals surface area contributed by atoms with Crippen LogP contribution in [-0.4, -0.2) is 20.9 Å². The topological polar surface area (TPSA) is 94.8 Å². The van der Waals surface area contributed by atoms with Crippen LogP contribution in [0.25, 0.3) is 0 Å². The number of carbonyl (C=O) groups excluding carboxylic acids is 1. The Hall–Kier alpha value is -4.57. The highest BCUT2D eigenvalue weighted by molar-refractivity contribution is 6.04. The second-order valence-electron chi connectivity index (χ2n) is 6.72. The molecule has 0 bridgehead atoms. The molecule has 4 rings (SSSR count). The maximum absolute atomic E-state index is 12.7. The summed E-state index contributed by atoms with van der Waals surface area (Å²) < 4.78 is 0. The number of hydrogen-bond donors (Lipinski definition) is 1. The maximum Gasteiger partial charge on any atom is 0.255 e. The Morgan fingerprint density at radius 2 is 1.68 bits per heavy atom. The van der Waals surface area contributed by atoms with E-state index >= 15 is 0 Å². The Morgan fingerprint density at radius 3 is 2.35 bits per heavy atom. The van der Waals surface area contributed by atoms with Gasteiger partial charge in [-0.15, -0.1) is 0 Å². The molecule has 7 heteroatoms. The molecule has 0 aliphatic rings. The van der Waals surface area contributed by atoms with Crippen LogP contribution in [0.15, 0.2) is 85.3 Å². The largest absolute Gasteiger partial charge is 0.322 e. The number of pyridine rings is 1. The molecule has 0 unspecified atom stereocenters. The fourth-order valence-corrected chi connectivity index (χ4v) is 3.05. The van der Waals surface area contributed by atoms with Crippen LogP contribution in [0.3, 0.4) is 0 Å². The van der Waals surface area contributed by atoms with E-state index in [0.29, 0.717) is 28.6 Å². The molecule has 0 fully saturated rings. The van der Waals surface area contributed by atoms with Gasteiger partial charge in [0, 0.05) is 29.8 Å². The second kappa shape index (κ2) is 8.84. The Kier molecular flexibility index (Phi) is 5.63. The van der Waals surface area contributed by atoms with Crippen molar-refractivity contribution in [2.45, 2.75) is 6.92 Å². The summed E-state index contributed by atoms with van der Waals surface area (Å²) in [5.74, 6) is 0.867. The minimum atomic E-state index is -0.264. The minimum Gasteiger partial charge on any atom is -0.322 e. The third-order valence-corrected chi connectivity index (χ3v) is 4.61. The first-order chi connectivity index (χ1) is 15.2. The van der Waals surface area contributed by atoms with Gasteiger partial charge in [0.2, 0.25) is 5.95 Å². The number of carbonyl (C=O) groups is 1. The number of benzene rings is 2. The molecule has 31 heavy (non-hydrogen) atoms. The van der Waals surface area contributed by atoms with Crippen LogP contribution in [-0.2, 0) is 0 Å². The monoisotopic (exact) mass is 406 g/mol. The van der Waals surface area contributed by atoms with Gasteiger partial charge in [-0.3, -0.25) is 9.69 Å². The van der Waals surface area contributed by atoms with E-state index in [1.807, 2.05) is 54.3 Å². The van der Waals surface area contributed by atoms with Crippen molar-refractivity contribution in [2.24, 2.45) is 0 Å². The van der Waals surface area contributed by atoms with Gasteiger partial charge in [-0.25, -0.2) is 15.0 Å². The van der Waals surface area contributed by atoms with E-state index in [4.69, 9.17) is 5.26 Å². The number of hydrogen-bond acceptors (Lipinski definition) is 6. The molecule has 2 aromatic carbocycles. The van der Waals surface area contributed by atoms with Crippen LogP contribution in [0.1, 0.15) is 21.5 Å². The smallest absolute Gasteiger partial charge is 0.255 e. The van der Waals surface area contributed by atoms with E-state index in [1.54, 1.807) is 48.9 Å². The molecular weight excluding hydrogens is 388 g/mol. The molecule has 150 valence electrons. The van der Waals surface area contributed by atoms with E-state index in [9.17, 15) is 4.79 Å². The fourth-order valence-electron chi connectivity index (χ4n) is 3.05. The predicted molar refractivity (Wildman–Crippen MR) is 118 cm³/mol. The fraction of sp³-hybridized carbons (Fsp3) is 0.0417. The van der Waals surface area contributed by atoms with Gasteiger partial charge >= 0.3 is 0 Å². The van der Waals surface area contributed by atoms with Crippen LogP contribution in [0.4, 0.5) is 23.1 Å². The van der Waals surface area contributed by atoms with Gasteiger partial charge < -0.3 is 5.32 Å². The zero-order chi connectivity index (χ0) is 21.6. The standard InChI is InChI=1S/C24H18N6O/c1-17-6-11-20(29-23(31)19-9-7-18(16-25)8-10-19)15-21(17)30(22-5-2-3-12-26-22)24-27-13-4-14-28-24/h2-15H,1H3,(H,29,31). The summed E-state index contributed by atoms with van der Waals surface area (Å²) >= 11 is 0. The van der Waals surface area contributed by atoms with Gasteiger partial charge in [0.1, 0.15) is 5.82 Å². The van der Waals surface area contributed by atoms with E-state index in [0.717, 1.165) is 11.3 Å². The van der Waals surface area contributed by atoms with Gasteiger partial charge in [0.15, 0.2) is 0 Å². The number of anilines is 4. The molecule has 0 saturated heterocycles. The lowest BCUT2D eigenvalue weighted by molar-refractivity contribution is 0.102. The number of aryl methyl sites for hydroxylation is 1. The highest BCUT2D eigenvalue weighted by atomic mass is 16.1. The highest BCUT2D eigenvalue weighted by Crippen LogP contribution is 2.34. The van der Waals surface area contributed by atoms with Gasteiger partial charge in [-0.1, -0.05) is 12.1 Å². The number of rotatable bonds is 5. The van der Waals surface area contributed by atoms with Crippen LogP contribution in [0.2, 0.25) is 0 Å². The molecule has 0 spiro atoms. The lowest BCUT2D eigenvalue weighted by Gasteiger charge is -2.24. The molecule has 1 N–H and O–H groups in total. The van der Waals surface area contributed by atoms with Crippen molar-refractivity contribution in [3.63, 3.8) is 0 Å². The van der Waals surface area contributed by atoms with E-state index < -0.39 is 0 Å². The molecule has 0 atom stereocenters. The molecule has 2 aromatic heterocycles. The Labute approximate surface area is 179 Å². The van der Waals surface area contributed by atoms with Crippen molar-refractivity contribution in [1.29, 1.82) is 5.26 Å². The maximum atomic E-state index is 12.7. The summed E-state index contributed by atoms with van der Waals surface area (Å²) in [6.45, 7) is 1.97.